The highest BCUT2D eigenvalue weighted by Crippen LogP contribution is 2.25. The van der Waals surface area contributed by atoms with Crippen LogP contribution in [0, 0.1) is 0 Å². The van der Waals surface area contributed by atoms with Crippen LogP contribution in [0.3, 0.4) is 0 Å². The first-order valence-corrected chi connectivity index (χ1v) is 14.3. The number of anilines is 1. The van der Waals surface area contributed by atoms with Crippen LogP contribution >= 0.6 is 0 Å². The van der Waals surface area contributed by atoms with Gasteiger partial charge in [0.1, 0.15) is 29.7 Å². The molecule has 2 aromatic heterocycles. The second-order valence-electron chi connectivity index (χ2n) is 12.0. The van der Waals surface area contributed by atoms with Gasteiger partial charge in [0.2, 0.25) is 5.91 Å². The van der Waals surface area contributed by atoms with Gasteiger partial charge >= 0.3 is 0 Å². The predicted octanol–water partition coefficient (Wildman–Crippen LogP) is 2.13. The van der Waals surface area contributed by atoms with Gasteiger partial charge in [-0.1, -0.05) is 26.8 Å². The van der Waals surface area contributed by atoms with E-state index >= 15 is 0 Å². The van der Waals surface area contributed by atoms with Gasteiger partial charge in [0.05, 0.1) is 18.3 Å². The zero-order valence-electron chi connectivity index (χ0n) is 24.6. The first-order chi connectivity index (χ1) is 20.0. The van der Waals surface area contributed by atoms with Crippen LogP contribution in [0.25, 0.3) is 0 Å². The zero-order valence-corrected chi connectivity index (χ0v) is 24.6. The van der Waals surface area contributed by atoms with Crippen molar-refractivity contribution < 1.29 is 23.8 Å². The summed E-state index contributed by atoms with van der Waals surface area (Å²) in [5, 5.41) is 16.9. The number of aromatic nitrogens is 3. The summed E-state index contributed by atoms with van der Waals surface area (Å²) < 4.78 is 11.0. The molecule has 2 aliphatic rings. The Morgan fingerprint density at radius 3 is 2.71 bits per heavy atom. The number of likely N-dealkylation sites (tertiary alicyclic amines) is 1. The van der Waals surface area contributed by atoms with Gasteiger partial charge in [0, 0.05) is 57.7 Å². The number of aliphatic hydroxyl groups is 1. The molecule has 0 spiro atoms. The lowest BCUT2D eigenvalue weighted by Crippen LogP contribution is -2.56. The minimum Gasteiger partial charge on any atom is -0.486 e. The smallest absolute Gasteiger partial charge is 0.270 e. The third-order valence-electron chi connectivity index (χ3n) is 7.41. The van der Waals surface area contributed by atoms with Crippen molar-refractivity contribution >= 4 is 17.6 Å². The molecule has 1 aromatic carbocycles. The highest BCUT2D eigenvalue weighted by molar-refractivity contribution is 5.93. The standard InChI is InChI=1S/C30H39N7O5/c1-19(38)37-14-22(15-37)33-27-10-26(34-29(35-27)30(2,3)4)28(40)32-11-23(39)16-36-8-7-20-9-24(6-5-21(20)13-36)41-17-25-12-31-18-42-25/h5-6,9-10,12,18,22-23,39H,7-8,11,13-17H2,1-4H3,(H,32,40)(H,33,34,35). The third-order valence-corrected chi connectivity index (χ3v) is 7.41. The van der Waals surface area contributed by atoms with Gasteiger partial charge in [0.25, 0.3) is 5.91 Å². The number of nitrogens with zero attached hydrogens (tertiary/aromatic N) is 5. The Balaban J connectivity index is 1.13. The van der Waals surface area contributed by atoms with Crippen molar-refractivity contribution in [3.05, 3.63) is 65.3 Å². The maximum Gasteiger partial charge on any atom is 0.270 e. The summed E-state index contributed by atoms with van der Waals surface area (Å²) in [4.78, 5) is 41.6. The Morgan fingerprint density at radius 2 is 2.00 bits per heavy atom. The van der Waals surface area contributed by atoms with E-state index in [2.05, 4.69) is 42.6 Å². The second kappa shape index (κ2) is 12.5. The molecule has 12 heteroatoms. The van der Waals surface area contributed by atoms with Gasteiger partial charge in [-0.15, -0.1) is 0 Å². The van der Waals surface area contributed by atoms with E-state index in [0.717, 1.165) is 18.7 Å². The number of aliphatic hydroxyl groups excluding tert-OH is 1. The summed E-state index contributed by atoms with van der Waals surface area (Å²) in [7, 11) is 0. The number of oxazole rings is 1. The minimum absolute atomic E-state index is 0.0393. The lowest BCUT2D eigenvalue weighted by atomic mass is 9.95. The molecule has 4 heterocycles. The van der Waals surface area contributed by atoms with E-state index in [4.69, 9.17) is 9.15 Å². The van der Waals surface area contributed by atoms with Crippen LogP contribution in [-0.2, 0) is 29.8 Å². The molecule has 0 aliphatic carbocycles. The van der Waals surface area contributed by atoms with Crippen LogP contribution in [0.5, 0.6) is 5.75 Å². The van der Waals surface area contributed by atoms with E-state index in [-0.39, 0.29) is 35.5 Å². The summed E-state index contributed by atoms with van der Waals surface area (Å²) in [5.41, 5.74) is 2.28. The van der Waals surface area contributed by atoms with E-state index in [9.17, 15) is 14.7 Å². The molecule has 0 radical (unpaired) electrons. The molecule has 1 atom stereocenters. The van der Waals surface area contributed by atoms with Gasteiger partial charge in [-0.05, 0) is 29.7 Å². The number of carbonyl (C=O) groups excluding carboxylic acids is 2. The molecule has 0 saturated carbocycles. The molecule has 3 aromatic rings. The molecule has 0 bridgehead atoms. The molecular weight excluding hydrogens is 538 g/mol. The topological polar surface area (TPSA) is 146 Å². The van der Waals surface area contributed by atoms with Crippen LogP contribution in [0.4, 0.5) is 5.82 Å². The second-order valence-corrected chi connectivity index (χ2v) is 12.0. The van der Waals surface area contributed by atoms with Crippen LogP contribution in [0.15, 0.2) is 41.3 Å². The molecule has 1 fully saturated rings. The summed E-state index contributed by atoms with van der Waals surface area (Å²) >= 11 is 0. The lowest BCUT2D eigenvalue weighted by molar-refractivity contribution is -0.132. The number of rotatable bonds is 10. The van der Waals surface area contributed by atoms with Crippen LogP contribution in [0.2, 0.25) is 0 Å². The van der Waals surface area contributed by atoms with E-state index in [1.807, 2.05) is 26.8 Å². The van der Waals surface area contributed by atoms with Gasteiger partial charge in [-0.3, -0.25) is 14.5 Å². The quantitative estimate of drug-likeness (QED) is 0.328. The Bertz CT molecular complexity index is 1400. The van der Waals surface area contributed by atoms with E-state index in [0.29, 0.717) is 50.2 Å². The summed E-state index contributed by atoms with van der Waals surface area (Å²) in [6.07, 6.45) is 3.12. The molecule has 1 unspecified atom stereocenters. The largest absolute Gasteiger partial charge is 0.486 e. The molecule has 2 aliphatic heterocycles. The molecule has 3 N–H and O–H groups in total. The maximum absolute atomic E-state index is 13.1. The number of benzene rings is 1. The van der Waals surface area contributed by atoms with Crippen molar-refractivity contribution in [1.82, 2.24) is 30.1 Å². The molecule has 5 rings (SSSR count). The monoisotopic (exact) mass is 577 g/mol. The molecule has 42 heavy (non-hydrogen) atoms. The third kappa shape index (κ3) is 7.42. The number of hydrogen-bond donors (Lipinski definition) is 3. The van der Waals surface area contributed by atoms with Gasteiger partial charge in [-0.2, -0.15) is 0 Å². The number of carbonyl (C=O) groups is 2. The van der Waals surface area contributed by atoms with Crippen molar-refractivity contribution in [2.75, 3.05) is 38.0 Å². The zero-order chi connectivity index (χ0) is 29.9. The average molecular weight is 578 g/mol. The predicted molar refractivity (Wildman–Crippen MR) is 155 cm³/mol. The van der Waals surface area contributed by atoms with Crippen molar-refractivity contribution in [2.45, 2.75) is 64.8 Å². The molecule has 1 saturated heterocycles. The fraction of sp³-hybridized carbons (Fsp3) is 0.500. The summed E-state index contributed by atoms with van der Waals surface area (Å²) in [5.74, 6) is 2.21. The fourth-order valence-corrected chi connectivity index (χ4v) is 4.97. The average Bonchev–Trinajstić information content (AvgIpc) is 3.45. The molecular formula is C30H39N7O5. The highest BCUT2D eigenvalue weighted by atomic mass is 16.5. The van der Waals surface area contributed by atoms with Gasteiger partial charge < -0.3 is 29.8 Å². The number of amides is 2. The van der Waals surface area contributed by atoms with Crippen molar-refractivity contribution in [3.8, 4) is 5.75 Å². The van der Waals surface area contributed by atoms with Crippen molar-refractivity contribution in [1.29, 1.82) is 0 Å². The molecule has 12 nitrogen and oxygen atoms in total. The Kier molecular flexibility index (Phi) is 8.74. The number of nitrogens with one attached hydrogen (secondary N) is 2. The highest BCUT2D eigenvalue weighted by Gasteiger charge is 2.30. The van der Waals surface area contributed by atoms with E-state index in [1.165, 1.54) is 17.5 Å². The Labute approximate surface area is 245 Å². The number of fused-ring (bicyclic) bond motifs is 1. The normalized spacial score (nSPS) is 16.4. The van der Waals surface area contributed by atoms with E-state index in [1.54, 1.807) is 24.1 Å². The van der Waals surface area contributed by atoms with Crippen molar-refractivity contribution in [2.24, 2.45) is 0 Å². The van der Waals surface area contributed by atoms with Crippen LogP contribution in [0.1, 0.15) is 60.9 Å². The van der Waals surface area contributed by atoms with Gasteiger partial charge in [0.15, 0.2) is 12.2 Å². The van der Waals surface area contributed by atoms with Crippen LogP contribution < -0.4 is 15.4 Å². The molecule has 224 valence electrons. The first-order valence-electron chi connectivity index (χ1n) is 14.3. The number of β-amino-alcohol motifs (C(OH)–C–C–N with tert-alkyl or cyclic N) is 1. The number of hydrogen-bond acceptors (Lipinski definition) is 10. The molecule has 2 amide bonds. The SMILES string of the molecule is CC(=O)N1CC(Nc2cc(C(=O)NCC(O)CN3CCc4cc(OCc5cnco5)ccc4C3)nc(C(C)(C)C)n2)C1. The number of ether oxygens (including phenoxy) is 1. The fourth-order valence-electron chi connectivity index (χ4n) is 4.97. The van der Waals surface area contributed by atoms with Crippen molar-refractivity contribution in [3.63, 3.8) is 0 Å². The first kappa shape index (κ1) is 29.5. The van der Waals surface area contributed by atoms with E-state index < -0.39 is 6.10 Å². The minimum atomic E-state index is -0.742. The Morgan fingerprint density at radius 1 is 1.19 bits per heavy atom. The summed E-state index contributed by atoms with van der Waals surface area (Å²) in [6.45, 7) is 11.1. The van der Waals surface area contributed by atoms with Gasteiger partial charge in [-0.25, -0.2) is 15.0 Å². The van der Waals surface area contributed by atoms with Crippen LogP contribution in [-0.4, -0.2) is 86.5 Å². The lowest BCUT2D eigenvalue weighted by Gasteiger charge is -2.39. The maximum atomic E-state index is 13.1. The summed E-state index contributed by atoms with van der Waals surface area (Å²) in [6, 6.07) is 7.75. The Hall–Kier alpha value is -4.03.